The van der Waals surface area contributed by atoms with E-state index in [0.717, 1.165) is 13.1 Å². The Morgan fingerprint density at radius 3 is 2.67 bits per heavy atom. The molecule has 4 aliphatic rings. The zero-order chi connectivity index (χ0) is 31.1. The number of nitrogens with zero attached hydrogens (tertiary/aromatic N) is 3. The van der Waals surface area contributed by atoms with E-state index in [-0.39, 0.29) is 48.7 Å². The number of likely N-dealkylation sites (tertiary alicyclic amines) is 1. The molecule has 4 saturated heterocycles. The molecule has 13 heteroatoms. The van der Waals surface area contributed by atoms with Crippen molar-refractivity contribution >= 4 is 39.6 Å². The van der Waals surface area contributed by atoms with Gasteiger partial charge < -0.3 is 34.4 Å². The molecule has 0 aromatic carbocycles. The highest BCUT2D eigenvalue weighted by atomic mass is 79.9. The van der Waals surface area contributed by atoms with Crippen LogP contribution in [0.15, 0.2) is 25.3 Å². The zero-order valence-corrected chi connectivity index (χ0v) is 26.5. The fourth-order valence-electron chi connectivity index (χ4n) is 6.76. The van der Waals surface area contributed by atoms with E-state index in [1.165, 1.54) is 4.90 Å². The molecule has 3 amide bonds. The monoisotopic (exact) mass is 668 g/mol. The maximum absolute atomic E-state index is 14.4. The molecule has 240 valence electrons. The Kier molecular flexibility index (Phi) is 11.8. The largest absolute Gasteiger partial charge is 0.460 e. The zero-order valence-electron chi connectivity index (χ0n) is 25.0. The predicted molar refractivity (Wildman–Crippen MR) is 161 cm³/mol. The van der Waals surface area contributed by atoms with Crippen LogP contribution in [0, 0.1) is 11.8 Å². The number of ether oxygens (including phenoxy) is 3. The van der Waals surface area contributed by atoms with E-state index in [2.05, 4.69) is 39.3 Å². The van der Waals surface area contributed by atoms with Gasteiger partial charge in [0.25, 0.3) is 0 Å². The molecule has 4 heterocycles. The highest BCUT2D eigenvalue weighted by Gasteiger charge is 2.77. The molecular weight excluding hydrogens is 624 g/mol. The van der Waals surface area contributed by atoms with Crippen LogP contribution in [0.2, 0.25) is 0 Å². The molecule has 43 heavy (non-hydrogen) atoms. The maximum Gasteiger partial charge on any atom is 0.312 e. The van der Waals surface area contributed by atoms with Gasteiger partial charge in [0.2, 0.25) is 17.7 Å². The van der Waals surface area contributed by atoms with E-state index in [9.17, 15) is 24.3 Å². The van der Waals surface area contributed by atoms with Gasteiger partial charge in [0.1, 0.15) is 17.7 Å². The number of fused-ring (bicyclic) bond motifs is 1. The molecule has 1 unspecified atom stereocenters. The summed E-state index contributed by atoms with van der Waals surface area (Å²) in [6, 6.07) is -0.953. The highest BCUT2D eigenvalue weighted by Crippen LogP contribution is 2.60. The van der Waals surface area contributed by atoms with E-state index >= 15 is 0 Å². The van der Waals surface area contributed by atoms with Gasteiger partial charge >= 0.3 is 5.97 Å². The van der Waals surface area contributed by atoms with Crippen molar-refractivity contribution in [1.29, 1.82) is 0 Å². The Hall–Kier alpha value is -2.32. The summed E-state index contributed by atoms with van der Waals surface area (Å²) < 4.78 is 17.7. The number of aliphatic hydroxyl groups excluding tert-OH is 1. The van der Waals surface area contributed by atoms with Gasteiger partial charge in [-0.15, -0.1) is 13.2 Å². The van der Waals surface area contributed by atoms with Crippen molar-refractivity contribution in [3.05, 3.63) is 25.3 Å². The fraction of sp³-hybridized carbons (Fsp3) is 0.733. The SMILES string of the molecule is C=CCCC(=O)NC[C@H](C)OC(=O)[C@@H]1[C@H]2O[C@@]3(CC2Br)[C@H](C(=O)N(CC=C)CCN2CCOCC2)N(CCCO)C(=O)[C@@H]13. The van der Waals surface area contributed by atoms with E-state index < -0.39 is 41.7 Å². The van der Waals surface area contributed by atoms with Crippen LogP contribution in [0.3, 0.4) is 0 Å². The van der Waals surface area contributed by atoms with Gasteiger partial charge in [0.05, 0.1) is 37.7 Å². The number of esters is 1. The first-order chi connectivity index (χ1) is 20.7. The number of amides is 3. The summed E-state index contributed by atoms with van der Waals surface area (Å²) in [4.78, 5) is 59.2. The number of morpholine rings is 1. The number of hydrogen-bond donors (Lipinski definition) is 2. The van der Waals surface area contributed by atoms with Crippen molar-refractivity contribution in [3.8, 4) is 0 Å². The lowest BCUT2D eigenvalue weighted by atomic mass is 9.70. The summed E-state index contributed by atoms with van der Waals surface area (Å²) in [6.45, 7) is 13.5. The third kappa shape index (κ3) is 7.16. The number of aliphatic hydroxyl groups is 1. The van der Waals surface area contributed by atoms with Crippen molar-refractivity contribution in [2.45, 2.75) is 61.3 Å². The summed E-state index contributed by atoms with van der Waals surface area (Å²) >= 11 is 3.67. The van der Waals surface area contributed by atoms with Gasteiger partial charge in [-0.05, 0) is 26.2 Å². The average Bonchev–Trinajstić information content (AvgIpc) is 3.59. The standard InChI is InChI=1S/C30H45BrN4O8/c1-4-6-8-22(37)32-19-20(3)42-29(40)23-24-27(38)35(10-7-15-36)26(30(24)18-21(31)25(23)43-30)28(39)34(9-5-2)12-11-33-13-16-41-17-14-33/h4-5,20-21,23-26,36H,1-2,6-19H2,3H3,(H,32,37)/t20-,21?,23-,24+,25-,26-,30+/m0/s1. The minimum absolute atomic E-state index is 0.130. The molecule has 12 nitrogen and oxygen atoms in total. The van der Waals surface area contributed by atoms with Crippen molar-refractivity contribution in [2.75, 3.05) is 65.6 Å². The predicted octanol–water partition coefficient (Wildman–Crippen LogP) is 0.478. The third-order valence-corrected chi connectivity index (χ3v) is 9.63. The summed E-state index contributed by atoms with van der Waals surface area (Å²) in [7, 11) is 0. The topological polar surface area (TPSA) is 138 Å². The van der Waals surface area contributed by atoms with Gasteiger partial charge in [-0.25, -0.2) is 0 Å². The maximum atomic E-state index is 14.4. The van der Waals surface area contributed by atoms with Crippen LogP contribution in [0.5, 0.6) is 0 Å². The van der Waals surface area contributed by atoms with Crippen molar-refractivity contribution < 1.29 is 38.5 Å². The number of halogens is 1. The van der Waals surface area contributed by atoms with Crippen LogP contribution in [-0.2, 0) is 33.4 Å². The van der Waals surface area contributed by atoms with E-state index in [1.54, 1.807) is 24.0 Å². The normalized spacial score (nSPS) is 30.5. The molecule has 0 aromatic heterocycles. The van der Waals surface area contributed by atoms with Crippen molar-refractivity contribution in [1.82, 2.24) is 20.0 Å². The Labute approximate surface area is 261 Å². The van der Waals surface area contributed by atoms with Crippen LogP contribution >= 0.6 is 15.9 Å². The van der Waals surface area contributed by atoms with Crippen molar-refractivity contribution in [3.63, 3.8) is 0 Å². The molecule has 0 saturated carbocycles. The lowest BCUT2D eigenvalue weighted by molar-refractivity contribution is -0.159. The van der Waals surface area contributed by atoms with Gasteiger partial charge in [0.15, 0.2) is 0 Å². The Morgan fingerprint density at radius 2 is 2.00 bits per heavy atom. The number of carbonyl (C=O) groups is 4. The Bertz CT molecular complexity index is 1060. The van der Waals surface area contributed by atoms with Crippen LogP contribution in [-0.4, -0.2) is 138 Å². The first-order valence-corrected chi connectivity index (χ1v) is 16.1. The number of allylic oxidation sites excluding steroid dienone is 1. The summed E-state index contributed by atoms with van der Waals surface area (Å²) in [6.07, 6.45) is 3.55. The second-order valence-electron chi connectivity index (χ2n) is 11.7. The molecule has 0 aliphatic carbocycles. The third-order valence-electron chi connectivity index (χ3n) is 8.78. The van der Waals surface area contributed by atoms with Crippen LogP contribution in [0.25, 0.3) is 0 Å². The molecule has 2 N–H and O–H groups in total. The highest BCUT2D eigenvalue weighted by molar-refractivity contribution is 9.09. The first kappa shape index (κ1) is 33.6. The lowest BCUT2D eigenvalue weighted by Gasteiger charge is -2.38. The fourth-order valence-corrected chi connectivity index (χ4v) is 7.71. The molecule has 2 bridgehead atoms. The number of rotatable bonds is 16. The summed E-state index contributed by atoms with van der Waals surface area (Å²) in [5.41, 5.74) is -1.22. The second-order valence-corrected chi connectivity index (χ2v) is 12.9. The molecule has 7 atom stereocenters. The van der Waals surface area contributed by atoms with Gasteiger partial charge in [0, 0.05) is 57.1 Å². The van der Waals surface area contributed by atoms with E-state index in [1.807, 2.05) is 0 Å². The Balaban J connectivity index is 1.54. The minimum atomic E-state index is -1.22. The molecular formula is C30H45BrN4O8. The number of hydrogen-bond acceptors (Lipinski definition) is 9. The average molecular weight is 670 g/mol. The smallest absolute Gasteiger partial charge is 0.312 e. The van der Waals surface area contributed by atoms with Crippen LogP contribution in [0.4, 0.5) is 0 Å². The molecule has 4 rings (SSSR count). The van der Waals surface area contributed by atoms with Gasteiger partial charge in [-0.1, -0.05) is 28.1 Å². The lowest BCUT2D eigenvalue weighted by Crippen LogP contribution is -2.57. The van der Waals surface area contributed by atoms with E-state index in [4.69, 9.17) is 14.2 Å². The minimum Gasteiger partial charge on any atom is -0.460 e. The first-order valence-electron chi connectivity index (χ1n) is 15.2. The van der Waals surface area contributed by atoms with E-state index in [0.29, 0.717) is 52.1 Å². The van der Waals surface area contributed by atoms with Gasteiger partial charge in [-0.3, -0.25) is 24.1 Å². The quantitative estimate of drug-likeness (QED) is 0.137. The van der Waals surface area contributed by atoms with Gasteiger partial charge in [-0.2, -0.15) is 0 Å². The van der Waals surface area contributed by atoms with Crippen LogP contribution < -0.4 is 5.32 Å². The molecule has 0 radical (unpaired) electrons. The molecule has 0 aromatic rings. The number of alkyl halides is 1. The summed E-state index contributed by atoms with van der Waals surface area (Å²) in [5, 5.41) is 12.4. The van der Waals surface area contributed by atoms with Crippen molar-refractivity contribution in [2.24, 2.45) is 11.8 Å². The summed E-state index contributed by atoms with van der Waals surface area (Å²) in [5.74, 6) is -3.17. The Morgan fingerprint density at radius 1 is 1.26 bits per heavy atom. The van der Waals surface area contributed by atoms with Crippen LogP contribution in [0.1, 0.15) is 32.6 Å². The molecule has 4 fully saturated rings. The second kappa shape index (κ2) is 15.1. The number of nitrogens with one attached hydrogen (secondary N) is 1. The molecule has 1 spiro atoms. The number of carbonyl (C=O) groups excluding carboxylic acids is 4. The molecule has 4 aliphatic heterocycles.